The van der Waals surface area contributed by atoms with Gasteiger partial charge in [-0.2, -0.15) is 0 Å². The van der Waals surface area contributed by atoms with Gasteiger partial charge in [0.1, 0.15) is 24.7 Å². The van der Waals surface area contributed by atoms with Crippen LogP contribution in [0.5, 0.6) is 11.5 Å². The van der Waals surface area contributed by atoms with E-state index in [9.17, 15) is 13.2 Å². The highest BCUT2D eigenvalue weighted by Gasteiger charge is 2.27. The molecule has 0 aliphatic carbocycles. The predicted octanol–water partition coefficient (Wildman–Crippen LogP) is 4.75. The summed E-state index contributed by atoms with van der Waals surface area (Å²) in [6.45, 7) is 3.44. The number of hydrogen-bond donors (Lipinski definition) is 1. The van der Waals surface area contributed by atoms with Crippen LogP contribution in [0, 0.1) is 0 Å². The predicted molar refractivity (Wildman–Crippen MR) is 130 cm³/mol. The summed E-state index contributed by atoms with van der Waals surface area (Å²) < 4.78 is 38.4. The van der Waals surface area contributed by atoms with E-state index in [1.54, 1.807) is 54.6 Å². The number of ether oxygens (including phenoxy) is 2. The van der Waals surface area contributed by atoms with Gasteiger partial charge in [-0.1, -0.05) is 48.5 Å². The van der Waals surface area contributed by atoms with E-state index in [1.165, 1.54) is 31.4 Å². The lowest BCUT2D eigenvalue weighted by Crippen LogP contribution is -2.38. The maximum absolute atomic E-state index is 13.4. The molecule has 3 aromatic carbocycles. The van der Waals surface area contributed by atoms with Crippen LogP contribution in [0.25, 0.3) is 0 Å². The zero-order chi connectivity index (χ0) is 23.8. The van der Waals surface area contributed by atoms with Crippen LogP contribution in [-0.4, -0.2) is 34.6 Å². The van der Waals surface area contributed by atoms with Crippen LogP contribution in [0.2, 0.25) is 5.02 Å². The molecule has 0 heterocycles. The SMILES string of the molecule is C=CCOc1cccc(NC(=O)CN(c2ccc(OC)c(Cl)c2)S(=O)(=O)c2ccccc2)c1. The largest absolute Gasteiger partial charge is 0.495 e. The highest BCUT2D eigenvalue weighted by molar-refractivity contribution is 7.92. The number of nitrogens with zero attached hydrogens (tertiary/aromatic N) is 1. The van der Waals surface area contributed by atoms with Gasteiger partial charge in [0.2, 0.25) is 5.91 Å². The second-order valence-corrected chi connectivity index (χ2v) is 9.09. The Morgan fingerprint density at radius 2 is 1.85 bits per heavy atom. The molecular weight excluding hydrogens is 464 g/mol. The summed E-state index contributed by atoms with van der Waals surface area (Å²) in [5, 5.41) is 2.93. The quantitative estimate of drug-likeness (QED) is 0.418. The molecule has 0 spiro atoms. The number of anilines is 2. The second-order valence-electron chi connectivity index (χ2n) is 6.82. The highest BCUT2D eigenvalue weighted by Crippen LogP contribution is 2.32. The number of nitrogens with one attached hydrogen (secondary N) is 1. The van der Waals surface area contributed by atoms with Gasteiger partial charge >= 0.3 is 0 Å². The van der Waals surface area contributed by atoms with Gasteiger partial charge in [0.25, 0.3) is 10.0 Å². The third-order valence-corrected chi connectivity index (χ3v) is 6.61. The van der Waals surface area contributed by atoms with E-state index in [4.69, 9.17) is 21.1 Å². The number of hydrogen-bond acceptors (Lipinski definition) is 5. The van der Waals surface area contributed by atoms with Gasteiger partial charge < -0.3 is 14.8 Å². The molecule has 0 saturated heterocycles. The fourth-order valence-electron chi connectivity index (χ4n) is 2.99. The Morgan fingerprint density at radius 1 is 1.09 bits per heavy atom. The average molecular weight is 487 g/mol. The highest BCUT2D eigenvalue weighted by atomic mass is 35.5. The Kier molecular flexibility index (Phi) is 7.97. The Bertz CT molecular complexity index is 1230. The molecule has 0 saturated carbocycles. The number of benzene rings is 3. The van der Waals surface area contributed by atoms with Crippen LogP contribution in [0.3, 0.4) is 0 Å². The number of halogens is 1. The molecule has 1 N–H and O–H groups in total. The van der Waals surface area contributed by atoms with Crippen molar-refractivity contribution < 1.29 is 22.7 Å². The third kappa shape index (κ3) is 6.06. The molecule has 0 unspecified atom stereocenters. The molecular formula is C24H23ClN2O5S. The smallest absolute Gasteiger partial charge is 0.264 e. The molecule has 3 rings (SSSR count). The van der Waals surface area contributed by atoms with Crippen molar-refractivity contribution in [2.45, 2.75) is 4.90 Å². The number of sulfonamides is 1. The maximum Gasteiger partial charge on any atom is 0.264 e. The lowest BCUT2D eigenvalue weighted by Gasteiger charge is -2.24. The van der Waals surface area contributed by atoms with Crippen LogP contribution in [-0.2, 0) is 14.8 Å². The molecule has 1 amide bonds. The summed E-state index contributed by atoms with van der Waals surface area (Å²) in [6, 6.07) is 19.2. The third-order valence-electron chi connectivity index (χ3n) is 4.53. The molecule has 33 heavy (non-hydrogen) atoms. The van der Waals surface area contributed by atoms with Gasteiger partial charge in [0.05, 0.1) is 22.7 Å². The van der Waals surface area contributed by atoms with Crippen molar-refractivity contribution in [1.29, 1.82) is 0 Å². The van der Waals surface area contributed by atoms with Crippen LogP contribution in [0.4, 0.5) is 11.4 Å². The first-order valence-corrected chi connectivity index (χ1v) is 11.7. The molecule has 0 bridgehead atoms. The van der Waals surface area contributed by atoms with Crippen molar-refractivity contribution in [3.05, 3.63) is 90.5 Å². The van der Waals surface area contributed by atoms with E-state index in [-0.39, 0.29) is 15.6 Å². The molecule has 0 fully saturated rings. The number of methoxy groups -OCH3 is 1. The fourth-order valence-corrected chi connectivity index (χ4v) is 4.68. The fraction of sp³-hybridized carbons (Fsp3) is 0.125. The molecule has 0 atom stereocenters. The van der Waals surface area contributed by atoms with E-state index >= 15 is 0 Å². The van der Waals surface area contributed by atoms with Gasteiger partial charge in [-0.3, -0.25) is 9.10 Å². The summed E-state index contributed by atoms with van der Waals surface area (Å²) in [5.41, 5.74) is 0.689. The summed E-state index contributed by atoms with van der Waals surface area (Å²) in [6.07, 6.45) is 1.61. The van der Waals surface area contributed by atoms with E-state index in [2.05, 4.69) is 11.9 Å². The Hall–Kier alpha value is -3.49. The van der Waals surface area contributed by atoms with Crippen molar-refractivity contribution in [2.75, 3.05) is 29.9 Å². The molecule has 0 aromatic heterocycles. The normalized spacial score (nSPS) is 10.8. The van der Waals surface area contributed by atoms with E-state index in [0.29, 0.717) is 23.8 Å². The summed E-state index contributed by atoms with van der Waals surface area (Å²) in [5.74, 6) is 0.393. The maximum atomic E-state index is 13.4. The van der Waals surface area contributed by atoms with Gasteiger partial charge in [0.15, 0.2) is 0 Å². The monoisotopic (exact) mass is 486 g/mol. The Labute approximate surface area is 198 Å². The first kappa shape index (κ1) is 24.2. The minimum atomic E-state index is -4.06. The molecule has 172 valence electrons. The van der Waals surface area contributed by atoms with Crippen molar-refractivity contribution in [3.8, 4) is 11.5 Å². The first-order valence-electron chi connectivity index (χ1n) is 9.90. The summed E-state index contributed by atoms with van der Waals surface area (Å²) >= 11 is 6.23. The number of carbonyl (C=O) groups excluding carboxylic acids is 1. The Balaban J connectivity index is 1.91. The number of amides is 1. The Morgan fingerprint density at radius 3 is 2.52 bits per heavy atom. The van der Waals surface area contributed by atoms with Gasteiger partial charge in [-0.05, 0) is 42.5 Å². The van der Waals surface area contributed by atoms with Crippen molar-refractivity contribution in [1.82, 2.24) is 0 Å². The molecule has 7 nitrogen and oxygen atoms in total. The van der Waals surface area contributed by atoms with Gasteiger partial charge in [0, 0.05) is 11.8 Å². The molecule has 9 heteroatoms. The average Bonchev–Trinajstić information content (AvgIpc) is 2.82. The van der Waals surface area contributed by atoms with Crippen LogP contribution in [0.15, 0.2) is 90.3 Å². The lowest BCUT2D eigenvalue weighted by atomic mass is 10.3. The van der Waals surface area contributed by atoms with Gasteiger partial charge in [-0.15, -0.1) is 0 Å². The minimum Gasteiger partial charge on any atom is -0.495 e. The second kappa shape index (κ2) is 10.9. The van der Waals surface area contributed by atoms with Crippen LogP contribution < -0.4 is 19.1 Å². The molecule has 3 aromatic rings. The van der Waals surface area contributed by atoms with Crippen molar-refractivity contribution in [2.24, 2.45) is 0 Å². The minimum absolute atomic E-state index is 0.0459. The first-order chi connectivity index (χ1) is 15.8. The molecule has 0 aliphatic heterocycles. The van der Waals surface area contributed by atoms with E-state index in [1.807, 2.05) is 0 Å². The van der Waals surface area contributed by atoms with Crippen molar-refractivity contribution >= 4 is 38.9 Å². The molecule has 0 aliphatic rings. The zero-order valence-electron chi connectivity index (χ0n) is 17.9. The van der Waals surface area contributed by atoms with Crippen molar-refractivity contribution in [3.63, 3.8) is 0 Å². The topological polar surface area (TPSA) is 84.9 Å². The zero-order valence-corrected chi connectivity index (χ0v) is 19.5. The molecule has 0 radical (unpaired) electrons. The summed E-state index contributed by atoms with van der Waals surface area (Å²) in [7, 11) is -2.60. The number of rotatable bonds is 10. The standard InChI is InChI=1S/C24H23ClN2O5S/c1-3-14-32-20-9-7-8-18(15-20)26-24(28)17-27(19-12-13-23(31-2)22(25)16-19)33(29,30)21-10-5-4-6-11-21/h3-13,15-16H,1,14,17H2,2H3,(H,26,28). The van der Waals surface area contributed by atoms with Crippen LogP contribution >= 0.6 is 11.6 Å². The number of carbonyl (C=O) groups is 1. The van der Waals surface area contributed by atoms with Crippen LogP contribution in [0.1, 0.15) is 0 Å². The van der Waals surface area contributed by atoms with Gasteiger partial charge in [-0.25, -0.2) is 8.42 Å². The lowest BCUT2D eigenvalue weighted by molar-refractivity contribution is -0.114. The van der Waals surface area contributed by atoms with E-state index in [0.717, 1.165) is 4.31 Å². The van der Waals surface area contributed by atoms with E-state index < -0.39 is 22.5 Å². The summed E-state index contributed by atoms with van der Waals surface area (Å²) in [4.78, 5) is 12.9.